The molecule has 0 radical (unpaired) electrons. The van der Waals surface area contributed by atoms with Crippen molar-refractivity contribution in [2.24, 2.45) is 5.73 Å². The second-order valence-corrected chi connectivity index (χ2v) is 4.46. The monoisotopic (exact) mass is 267 g/mol. The first-order valence-electron chi connectivity index (χ1n) is 6.77. The molecule has 0 unspecified atom stereocenters. The minimum absolute atomic E-state index is 0.563. The third-order valence-corrected chi connectivity index (χ3v) is 2.75. The van der Waals surface area contributed by atoms with Gasteiger partial charge in [0.25, 0.3) is 0 Å². The first-order valence-corrected chi connectivity index (χ1v) is 6.77. The fourth-order valence-corrected chi connectivity index (χ4v) is 1.82. The Morgan fingerprint density at radius 3 is 2.68 bits per heavy atom. The molecular weight excluding hydrogens is 242 g/mol. The molecular formula is C15H25NO3. The molecule has 4 heteroatoms. The molecule has 0 heterocycles. The van der Waals surface area contributed by atoms with E-state index < -0.39 is 0 Å². The number of hydrogen-bond acceptors (Lipinski definition) is 4. The summed E-state index contributed by atoms with van der Waals surface area (Å²) in [6, 6.07) is 6.18. The van der Waals surface area contributed by atoms with Gasteiger partial charge in [0.15, 0.2) is 0 Å². The van der Waals surface area contributed by atoms with E-state index in [2.05, 4.69) is 19.1 Å². The highest BCUT2D eigenvalue weighted by molar-refractivity contribution is 5.37. The number of hydrogen-bond donors (Lipinski definition) is 1. The van der Waals surface area contributed by atoms with Crippen LogP contribution < -0.4 is 10.5 Å². The molecule has 4 nitrogen and oxygen atoms in total. The van der Waals surface area contributed by atoms with E-state index in [9.17, 15) is 0 Å². The Hall–Kier alpha value is -1.10. The van der Waals surface area contributed by atoms with Crippen molar-refractivity contribution in [2.75, 3.05) is 40.1 Å². The van der Waals surface area contributed by atoms with Crippen LogP contribution in [0, 0.1) is 6.92 Å². The summed E-state index contributed by atoms with van der Waals surface area (Å²) in [6.07, 6.45) is 1.76. The highest BCUT2D eigenvalue weighted by atomic mass is 16.5. The van der Waals surface area contributed by atoms with E-state index in [1.54, 1.807) is 7.11 Å². The van der Waals surface area contributed by atoms with E-state index in [-0.39, 0.29) is 0 Å². The summed E-state index contributed by atoms with van der Waals surface area (Å²) >= 11 is 0. The lowest BCUT2D eigenvalue weighted by molar-refractivity contribution is 0.0804. The molecule has 1 aromatic carbocycles. The van der Waals surface area contributed by atoms with Gasteiger partial charge in [-0.15, -0.1) is 0 Å². The Bertz CT molecular complexity index is 355. The van der Waals surface area contributed by atoms with Gasteiger partial charge >= 0.3 is 0 Å². The van der Waals surface area contributed by atoms with Crippen LogP contribution in [0.1, 0.15) is 17.5 Å². The van der Waals surface area contributed by atoms with Gasteiger partial charge in [-0.1, -0.05) is 17.7 Å². The van der Waals surface area contributed by atoms with E-state index >= 15 is 0 Å². The first kappa shape index (κ1) is 16.0. The van der Waals surface area contributed by atoms with Crippen molar-refractivity contribution in [1.82, 2.24) is 0 Å². The number of benzene rings is 1. The number of nitrogens with two attached hydrogens (primary N) is 1. The average molecular weight is 267 g/mol. The van der Waals surface area contributed by atoms with Gasteiger partial charge in [-0.05, 0) is 37.9 Å². The molecule has 0 aliphatic rings. The molecule has 2 N–H and O–H groups in total. The minimum atomic E-state index is 0.563. The third kappa shape index (κ3) is 6.57. The predicted octanol–water partition coefficient (Wildman–Crippen LogP) is 1.93. The normalized spacial score (nSPS) is 10.7. The van der Waals surface area contributed by atoms with E-state index in [0.29, 0.717) is 26.4 Å². The van der Waals surface area contributed by atoms with E-state index in [1.807, 2.05) is 6.07 Å². The van der Waals surface area contributed by atoms with Crippen molar-refractivity contribution in [3.05, 3.63) is 29.3 Å². The molecule has 0 aliphatic carbocycles. The quantitative estimate of drug-likeness (QED) is 0.658. The highest BCUT2D eigenvalue weighted by Gasteiger charge is 2.03. The van der Waals surface area contributed by atoms with Gasteiger partial charge in [-0.25, -0.2) is 0 Å². The molecule has 0 saturated carbocycles. The van der Waals surface area contributed by atoms with Crippen molar-refractivity contribution in [3.63, 3.8) is 0 Å². The summed E-state index contributed by atoms with van der Waals surface area (Å²) in [5, 5.41) is 0. The molecule has 0 aliphatic heterocycles. The third-order valence-electron chi connectivity index (χ3n) is 2.75. The van der Waals surface area contributed by atoms with Crippen LogP contribution in [0.3, 0.4) is 0 Å². The number of methoxy groups -OCH3 is 1. The van der Waals surface area contributed by atoms with Crippen molar-refractivity contribution in [3.8, 4) is 5.75 Å². The van der Waals surface area contributed by atoms with Crippen LogP contribution >= 0.6 is 0 Å². The maximum Gasteiger partial charge on any atom is 0.122 e. The fraction of sp³-hybridized carbons (Fsp3) is 0.600. The molecule has 0 aromatic heterocycles. The summed E-state index contributed by atoms with van der Waals surface area (Å²) in [7, 11) is 1.69. The van der Waals surface area contributed by atoms with Crippen LogP contribution in [0.4, 0.5) is 0 Å². The summed E-state index contributed by atoms with van der Waals surface area (Å²) in [4.78, 5) is 0. The Morgan fingerprint density at radius 1 is 1.11 bits per heavy atom. The fourth-order valence-electron chi connectivity index (χ4n) is 1.82. The van der Waals surface area contributed by atoms with E-state index in [4.69, 9.17) is 19.9 Å². The molecule has 0 fully saturated rings. The summed E-state index contributed by atoms with van der Waals surface area (Å²) in [5.74, 6) is 0.913. The molecule has 0 bridgehead atoms. The smallest absolute Gasteiger partial charge is 0.122 e. The van der Waals surface area contributed by atoms with Gasteiger partial charge in [0.1, 0.15) is 12.4 Å². The SMILES string of the molecule is COCCCOCCOc1ccc(C)cc1CCN. The lowest BCUT2D eigenvalue weighted by Gasteiger charge is -2.12. The number of rotatable bonds is 10. The van der Waals surface area contributed by atoms with Crippen LogP contribution in [-0.2, 0) is 15.9 Å². The van der Waals surface area contributed by atoms with Crippen LogP contribution in [0.15, 0.2) is 18.2 Å². The van der Waals surface area contributed by atoms with E-state index in [0.717, 1.165) is 25.2 Å². The number of ether oxygens (including phenoxy) is 3. The van der Waals surface area contributed by atoms with Crippen LogP contribution in [-0.4, -0.2) is 40.1 Å². The molecule has 0 saturated heterocycles. The van der Waals surface area contributed by atoms with Gasteiger partial charge in [0.2, 0.25) is 0 Å². The van der Waals surface area contributed by atoms with Crippen LogP contribution in [0.2, 0.25) is 0 Å². The molecule has 0 amide bonds. The van der Waals surface area contributed by atoms with Crippen molar-refractivity contribution in [1.29, 1.82) is 0 Å². The first-order chi connectivity index (χ1) is 9.27. The molecule has 1 rings (SSSR count). The van der Waals surface area contributed by atoms with Crippen LogP contribution in [0.5, 0.6) is 5.75 Å². The predicted molar refractivity (Wildman–Crippen MR) is 76.7 cm³/mol. The minimum Gasteiger partial charge on any atom is -0.491 e. The Kier molecular flexibility index (Phi) is 8.21. The van der Waals surface area contributed by atoms with Crippen LogP contribution in [0.25, 0.3) is 0 Å². The van der Waals surface area contributed by atoms with Crippen molar-refractivity contribution >= 4 is 0 Å². The zero-order chi connectivity index (χ0) is 13.9. The second-order valence-electron chi connectivity index (χ2n) is 4.46. The Balaban J connectivity index is 2.28. The average Bonchev–Trinajstić information content (AvgIpc) is 2.40. The molecule has 0 spiro atoms. The zero-order valence-electron chi connectivity index (χ0n) is 12.0. The Labute approximate surface area is 115 Å². The highest BCUT2D eigenvalue weighted by Crippen LogP contribution is 2.20. The molecule has 1 aromatic rings. The maximum atomic E-state index is 5.74. The number of aryl methyl sites for hydroxylation is 1. The van der Waals surface area contributed by atoms with Crippen molar-refractivity contribution in [2.45, 2.75) is 19.8 Å². The lowest BCUT2D eigenvalue weighted by Crippen LogP contribution is -2.11. The molecule has 19 heavy (non-hydrogen) atoms. The van der Waals surface area contributed by atoms with Gasteiger partial charge in [-0.2, -0.15) is 0 Å². The molecule has 0 atom stereocenters. The summed E-state index contributed by atoms with van der Waals surface area (Å²) < 4.78 is 16.1. The maximum absolute atomic E-state index is 5.74. The van der Waals surface area contributed by atoms with Gasteiger partial charge < -0.3 is 19.9 Å². The van der Waals surface area contributed by atoms with E-state index in [1.165, 1.54) is 11.1 Å². The van der Waals surface area contributed by atoms with Gasteiger partial charge in [0.05, 0.1) is 6.61 Å². The summed E-state index contributed by atoms with van der Waals surface area (Å²) in [6.45, 7) is 5.31. The summed E-state index contributed by atoms with van der Waals surface area (Å²) in [5.41, 5.74) is 8.01. The largest absolute Gasteiger partial charge is 0.491 e. The Morgan fingerprint density at radius 2 is 1.95 bits per heavy atom. The van der Waals surface area contributed by atoms with Gasteiger partial charge in [0, 0.05) is 20.3 Å². The lowest BCUT2D eigenvalue weighted by atomic mass is 10.1. The molecule has 108 valence electrons. The second kappa shape index (κ2) is 9.78. The van der Waals surface area contributed by atoms with Crippen molar-refractivity contribution < 1.29 is 14.2 Å². The van der Waals surface area contributed by atoms with Gasteiger partial charge in [-0.3, -0.25) is 0 Å². The zero-order valence-corrected chi connectivity index (χ0v) is 12.0. The standard InChI is InChI=1S/C15H25NO3/c1-13-4-5-15(14(12-13)6-7-16)19-11-10-18-9-3-8-17-2/h4-5,12H,3,6-11,16H2,1-2H3. The topological polar surface area (TPSA) is 53.7 Å².